The van der Waals surface area contributed by atoms with Gasteiger partial charge in [0, 0.05) is 21.4 Å². The second-order valence-corrected chi connectivity index (χ2v) is 5.65. The summed E-state index contributed by atoms with van der Waals surface area (Å²) in [5.74, 6) is 0.0900. The molecule has 1 aromatic carbocycles. The number of carbonyl (C=O) groups is 1. The summed E-state index contributed by atoms with van der Waals surface area (Å²) in [5, 5.41) is 5.87. The molecule has 0 bridgehead atoms. The van der Waals surface area contributed by atoms with Gasteiger partial charge < -0.3 is 10.6 Å². The minimum Gasteiger partial charge on any atom is -0.370 e. The first-order chi connectivity index (χ1) is 9.99. The standard InChI is InChI=1S/C15H15FIN3O/c1-3-18-14-7-10(6-9(2)19-14)15(21)20-13-5-4-11(16)8-12(13)17/h4-8H,3H2,1-2H3,(H,18,19)(H,20,21). The third-order valence-electron chi connectivity index (χ3n) is 2.75. The molecule has 0 unspecified atom stereocenters. The number of nitrogens with one attached hydrogen (secondary N) is 2. The molecule has 110 valence electrons. The van der Waals surface area contributed by atoms with E-state index in [-0.39, 0.29) is 11.7 Å². The molecule has 2 N–H and O–H groups in total. The van der Waals surface area contributed by atoms with Crippen molar-refractivity contribution in [3.8, 4) is 0 Å². The molecular formula is C15H15FIN3O. The minimum atomic E-state index is -0.327. The molecule has 2 aromatic rings. The van der Waals surface area contributed by atoms with Crippen molar-refractivity contribution in [1.82, 2.24) is 4.98 Å². The van der Waals surface area contributed by atoms with E-state index < -0.39 is 0 Å². The number of hydrogen-bond acceptors (Lipinski definition) is 3. The molecule has 2 rings (SSSR count). The maximum Gasteiger partial charge on any atom is 0.255 e. The van der Waals surface area contributed by atoms with Gasteiger partial charge in [0.1, 0.15) is 11.6 Å². The summed E-state index contributed by atoms with van der Waals surface area (Å²) in [5.41, 5.74) is 1.85. The third kappa shape index (κ3) is 4.13. The lowest BCUT2D eigenvalue weighted by Crippen LogP contribution is -2.14. The number of benzene rings is 1. The molecule has 0 saturated carbocycles. The highest BCUT2D eigenvalue weighted by atomic mass is 127. The predicted octanol–water partition coefficient (Wildman–Crippen LogP) is 3.82. The average Bonchev–Trinajstić information content (AvgIpc) is 2.41. The van der Waals surface area contributed by atoms with Crippen LogP contribution in [0.4, 0.5) is 15.9 Å². The van der Waals surface area contributed by atoms with Crippen LogP contribution in [0, 0.1) is 16.3 Å². The number of amides is 1. The van der Waals surface area contributed by atoms with Gasteiger partial charge in [-0.15, -0.1) is 0 Å². The topological polar surface area (TPSA) is 54.0 Å². The lowest BCUT2D eigenvalue weighted by atomic mass is 10.2. The largest absolute Gasteiger partial charge is 0.370 e. The van der Waals surface area contributed by atoms with Crippen LogP contribution in [0.15, 0.2) is 30.3 Å². The van der Waals surface area contributed by atoms with E-state index in [4.69, 9.17) is 0 Å². The lowest BCUT2D eigenvalue weighted by molar-refractivity contribution is 0.102. The van der Waals surface area contributed by atoms with Crippen LogP contribution >= 0.6 is 22.6 Å². The number of halogens is 2. The van der Waals surface area contributed by atoms with Crippen molar-refractivity contribution in [2.24, 2.45) is 0 Å². The maximum atomic E-state index is 13.1. The van der Waals surface area contributed by atoms with E-state index in [0.717, 1.165) is 12.2 Å². The number of carbonyl (C=O) groups excluding carboxylic acids is 1. The first-order valence-electron chi connectivity index (χ1n) is 6.48. The van der Waals surface area contributed by atoms with Crippen LogP contribution in [0.25, 0.3) is 0 Å². The van der Waals surface area contributed by atoms with E-state index in [2.05, 4.69) is 15.6 Å². The van der Waals surface area contributed by atoms with E-state index in [9.17, 15) is 9.18 Å². The molecule has 21 heavy (non-hydrogen) atoms. The Labute approximate surface area is 136 Å². The number of nitrogens with zero attached hydrogens (tertiary/aromatic N) is 1. The Hall–Kier alpha value is -1.70. The predicted molar refractivity (Wildman–Crippen MR) is 90.2 cm³/mol. The zero-order valence-electron chi connectivity index (χ0n) is 11.7. The maximum absolute atomic E-state index is 13.1. The van der Waals surface area contributed by atoms with Crippen molar-refractivity contribution in [3.63, 3.8) is 0 Å². The van der Waals surface area contributed by atoms with Crippen LogP contribution in [0.5, 0.6) is 0 Å². The molecule has 1 amide bonds. The van der Waals surface area contributed by atoms with Gasteiger partial charge >= 0.3 is 0 Å². The van der Waals surface area contributed by atoms with E-state index >= 15 is 0 Å². The van der Waals surface area contributed by atoms with Gasteiger partial charge in [0.2, 0.25) is 0 Å². The second-order valence-electron chi connectivity index (χ2n) is 4.49. The molecule has 0 saturated heterocycles. The van der Waals surface area contributed by atoms with Crippen molar-refractivity contribution in [2.45, 2.75) is 13.8 Å². The number of rotatable bonds is 4. The van der Waals surface area contributed by atoms with Gasteiger partial charge in [0.25, 0.3) is 5.91 Å². The zero-order valence-corrected chi connectivity index (χ0v) is 13.9. The van der Waals surface area contributed by atoms with E-state index in [0.29, 0.717) is 20.6 Å². The molecule has 1 heterocycles. The molecule has 4 nitrogen and oxygen atoms in total. The number of aryl methyl sites for hydroxylation is 1. The molecule has 0 radical (unpaired) electrons. The van der Waals surface area contributed by atoms with Gasteiger partial charge in [0.05, 0.1) is 5.69 Å². The Morgan fingerprint density at radius 2 is 2.10 bits per heavy atom. The van der Waals surface area contributed by atoms with Gasteiger partial charge in [-0.05, 0) is 66.8 Å². The van der Waals surface area contributed by atoms with Gasteiger partial charge in [-0.2, -0.15) is 0 Å². The molecule has 0 atom stereocenters. The molecule has 1 aromatic heterocycles. The summed E-state index contributed by atoms with van der Waals surface area (Å²) >= 11 is 1.99. The highest BCUT2D eigenvalue weighted by Crippen LogP contribution is 2.20. The molecule has 0 aliphatic rings. The Balaban J connectivity index is 2.23. The second kappa shape index (κ2) is 6.84. The number of anilines is 2. The van der Waals surface area contributed by atoms with Gasteiger partial charge in [-0.3, -0.25) is 4.79 Å². The highest BCUT2D eigenvalue weighted by Gasteiger charge is 2.11. The summed E-state index contributed by atoms with van der Waals surface area (Å²) in [6.45, 7) is 4.53. The smallest absolute Gasteiger partial charge is 0.255 e. The molecule has 6 heteroatoms. The molecule has 0 spiro atoms. The molecular weight excluding hydrogens is 384 g/mol. The van der Waals surface area contributed by atoms with E-state index in [1.165, 1.54) is 12.1 Å². The molecule has 0 fully saturated rings. The average molecular weight is 399 g/mol. The molecule has 0 aliphatic heterocycles. The summed E-state index contributed by atoms with van der Waals surface area (Å²) in [6.07, 6.45) is 0. The third-order valence-corrected chi connectivity index (χ3v) is 3.65. The summed E-state index contributed by atoms with van der Waals surface area (Å²) < 4.78 is 13.7. The summed E-state index contributed by atoms with van der Waals surface area (Å²) in [6, 6.07) is 7.65. The number of hydrogen-bond donors (Lipinski definition) is 2. The fraction of sp³-hybridized carbons (Fsp3) is 0.200. The fourth-order valence-corrected chi connectivity index (χ4v) is 2.47. The Morgan fingerprint density at radius 3 is 2.76 bits per heavy atom. The van der Waals surface area contributed by atoms with Crippen molar-refractivity contribution < 1.29 is 9.18 Å². The highest BCUT2D eigenvalue weighted by molar-refractivity contribution is 14.1. The van der Waals surface area contributed by atoms with Crippen LogP contribution in [0.2, 0.25) is 0 Å². The van der Waals surface area contributed by atoms with E-state index in [1.54, 1.807) is 18.2 Å². The molecule has 0 aliphatic carbocycles. The lowest BCUT2D eigenvalue weighted by Gasteiger charge is -2.10. The van der Waals surface area contributed by atoms with Crippen molar-refractivity contribution >= 4 is 40.0 Å². The monoisotopic (exact) mass is 399 g/mol. The van der Waals surface area contributed by atoms with Crippen LogP contribution < -0.4 is 10.6 Å². The van der Waals surface area contributed by atoms with E-state index in [1.807, 2.05) is 36.4 Å². The Bertz CT molecular complexity index is 676. The van der Waals surface area contributed by atoms with Crippen molar-refractivity contribution in [3.05, 3.63) is 51.0 Å². The normalized spacial score (nSPS) is 10.3. The van der Waals surface area contributed by atoms with Gasteiger partial charge in [-0.25, -0.2) is 9.37 Å². The summed E-state index contributed by atoms with van der Waals surface area (Å²) in [7, 11) is 0. The fourth-order valence-electron chi connectivity index (χ4n) is 1.86. The zero-order chi connectivity index (χ0) is 15.4. The van der Waals surface area contributed by atoms with Crippen LogP contribution in [-0.2, 0) is 0 Å². The number of aromatic nitrogens is 1. The van der Waals surface area contributed by atoms with Crippen LogP contribution in [-0.4, -0.2) is 17.4 Å². The Kier molecular flexibility index (Phi) is 5.11. The van der Waals surface area contributed by atoms with Crippen molar-refractivity contribution in [2.75, 3.05) is 17.2 Å². The SMILES string of the molecule is CCNc1cc(C(=O)Nc2ccc(F)cc2I)cc(C)n1. The first kappa shape index (κ1) is 15.7. The van der Waals surface area contributed by atoms with Gasteiger partial charge in [0.15, 0.2) is 0 Å². The number of pyridine rings is 1. The van der Waals surface area contributed by atoms with Crippen LogP contribution in [0.1, 0.15) is 23.0 Å². The minimum absolute atomic E-state index is 0.246. The summed E-state index contributed by atoms with van der Waals surface area (Å²) in [4.78, 5) is 16.6. The van der Waals surface area contributed by atoms with Crippen molar-refractivity contribution in [1.29, 1.82) is 0 Å². The first-order valence-corrected chi connectivity index (χ1v) is 7.56. The van der Waals surface area contributed by atoms with Gasteiger partial charge in [-0.1, -0.05) is 0 Å². The Morgan fingerprint density at radius 1 is 1.33 bits per heavy atom. The quantitative estimate of drug-likeness (QED) is 0.769. The van der Waals surface area contributed by atoms with Crippen LogP contribution in [0.3, 0.4) is 0 Å².